The van der Waals surface area contributed by atoms with Crippen LogP contribution < -0.4 is 10.0 Å². The normalized spacial score (nSPS) is 15.4. The highest BCUT2D eigenvalue weighted by atomic mass is 32.2. The molecule has 0 saturated carbocycles. The monoisotopic (exact) mass is 415 g/mol. The lowest BCUT2D eigenvalue weighted by atomic mass is 9.98. The Balaban J connectivity index is 1.64. The van der Waals surface area contributed by atoms with Crippen molar-refractivity contribution in [3.8, 4) is 0 Å². The van der Waals surface area contributed by atoms with Gasteiger partial charge in [0.25, 0.3) is 5.91 Å². The third-order valence-electron chi connectivity index (χ3n) is 5.44. The van der Waals surface area contributed by atoms with Crippen LogP contribution >= 0.6 is 0 Å². The van der Waals surface area contributed by atoms with E-state index >= 15 is 0 Å². The van der Waals surface area contributed by atoms with Crippen molar-refractivity contribution in [3.63, 3.8) is 0 Å². The summed E-state index contributed by atoms with van der Waals surface area (Å²) >= 11 is 0. The van der Waals surface area contributed by atoms with Gasteiger partial charge >= 0.3 is 0 Å². The molecule has 156 valence electrons. The molecule has 2 aromatic carbocycles. The van der Waals surface area contributed by atoms with E-state index in [9.17, 15) is 13.2 Å². The molecule has 2 aromatic rings. The van der Waals surface area contributed by atoms with Crippen molar-refractivity contribution < 1.29 is 13.2 Å². The number of hydrogen-bond acceptors (Lipinski definition) is 4. The predicted octanol–water partition coefficient (Wildman–Crippen LogP) is 2.93. The van der Waals surface area contributed by atoms with Crippen molar-refractivity contribution in [3.05, 3.63) is 64.7 Å². The maximum atomic E-state index is 12.7. The first-order valence-corrected chi connectivity index (χ1v) is 11.8. The number of amides is 1. The van der Waals surface area contributed by atoms with Gasteiger partial charge in [-0.15, -0.1) is 0 Å². The molecule has 1 aliphatic heterocycles. The molecule has 1 atom stereocenters. The zero-order chi connectivity index (χ0) is 21.0. The van der Waals surface area contributed by atoms with Gasteiger partial charge in [0.15, 0.2) is 0 Å². The van der Waals surface area contributed by atoms with Gasteiger partial charge in [0, 0.05) is 31.2 Å². The minimum atomic E-state index is -3.40. The SMILES string of the molecule is CCC(CNC(=O)c1ccc(C)c(NS(C)(=O)=O)c1)N1CCc2ccccc2C1. The van der Waals surface area contributed by atoms with E-state index < -0.39 is 10.0 Å². The van der Waals surface area contributed by atoms with E-state index in [-0.39, 0.29) is 11.9 Å². The summed E-state index contributed by atoms with van der Waals surface area (Å²) in [6.07, 6.45) is 3.07. The Morgan fingerprint density at radius 3 is 2.59 bits per heavy atom. The average molecular weight is 416 g/mol. The van der Waals surface area contributed by atoms with Gasteiger partial charge in [-0.25, -0.2) is 8.42 Å². The Bertz CT molecular complexity index is 989. The molecule has 7 heteroatoms. The molecule has 1 unspecified atom stereocenters. The Hall–Kier alpha value is -2.38. The van der Waals surface area contributed by atoms with Crippen LogP contribution in [0.3, 0.4) is 0 Å². The molecule has 3 rings (SSSR count). The smallest absolute Gasteiger partial charge is 0.251 e. The van der Waals surface area contributed by atoms with Gasteiger partial charge in [-0.2, -0.15) is 0 Å². The number of aryl methyl sites for hydroxylation is 1. The highest BCUT2D eigenvalue weighted by Crippen LogP contribution is 2.21. The number of benzene rings is 2. The number of nitrogens with one attached hydrogen (secondary N) is 2. The zero-order valence-electron chi connectivity index (χ0n) is 17.2. The van der Waals surface area contributed by atoms with Crippen LogP contribution in [-0.4, -0.2) is 44.6 Å². The number of fused-ring (bicyclic) bond motifs is 1. The summed E-state index contributed by atoms with van der Waals surface area (Å²) in [6, 6.07) is 13.8. The second kappa shape index (κ2) is 8.97. The van der Waals surface area contributed by atoms with Crippen LogP contribution in [0.25, 0.3) is 0 Å². The molecule has 0 radical (unpaired) electrons. The average Bonchev–Trinajstić information content (AvgIpc) is 2.68. The minimum Gasteiger partial charge on any atom is -0.350 e. The maximum Gasteiger partial charge on any atom is 0.251 e. The second-order valence-corrected chi connectivity index (χ2v) is 9.41. The fourth-order valence-corrected chi connectivity index (χ4v) is 4.37. The Morgan fingerprint density at radius 2 is 1.90 bits per heavy atom. The number of carbonyl (C=O) groups is 1. The van der Waals surface area contributed by atoms with Gasteiger partial charge in [0.05, 0.1) is 11.9 Å². The van der Waals surface area contributed by atoms with E-state index in [4.69, 9.17) is 0 Å². The van der Waals surface area contributed by atoms with Crippen LogP contribution in [0, 0.1) is 6.92 Å². The summed E-state index contributed by atoms with van der Waals surface area (Å²) in [5.74, 6) is -0.197. The third kappa shape index (κ3) is 5.58. The van der Waals surface area contributed by atoms with E-state index in [1.165, 1.54) is 11.1 Å². The lowest BCUT2D eigenvalue weighted by Crippen LogP contribution is -2.45. The molecule has 0 aliphatic carbocycles. The van der Waals surface area contributed by atoms with Gasteiger partial charge in [0.2, 0.25) is 10.0 Å². The number of hydrogen-bond donors (Lipinski definition) is 2. The maximum absolute atomic E-state index is 12.7. The quantitative estimate of drug-likeness (QED) is 0.729. The summed E-state index contributed by atoms with van der Waals surface area (Å²) in [7, 11) is -3.40. The standard InChI is InChI=1S/C22H29N3O3S/c1-4-20(25-12-11-17-7-5-6-8-19(17)15-25)14-23-22(26)18-10-9-16(2)21(13-18)24-29(3,27)28/h5-10,13,20,24H,4,11-12,14-15H2,1-3H3,(H,23,26). The largest absolute Gasteiger partial charge is 0.350 e. The second-order valence-electron chi connectivity index (χ2n) is 7.67. The molecule has 0 fully saturated rings. The molecule has 0 spiro atoms. The summed E-state index contributed by atoms with van der Waals surface area (Å²) < 4.78 is 25.5. The van der Waals surface area contributed by atoms with Crippen molar-refractivity contribution >= 4 is 21.6 Å². The molecule has 29 heavy (non-hydrogen) atoms. The molecule has 0 aromatic heterocycles. The molecule has 2 N–H and O–H groups in total. The number of carbonyl (C=O) groups excluding carboxylic acids is 1. The molecule has 1 heterocycles. The van der Waals surface area contributed by atoms with Crippen LogP contribution in [0.2, 0.25) is 0 Å². The van der Waals surface area contributed by atoms with E-state index in [0.717, 1.165) is 37.8 Å². The van der Waals surface area contributed by atoms with Gasteiger partial charge in [-0.3, -0.25) is 14.4 Å². The Kier molecular flexibility index (Phi) is 6.59. The van der Waals surface area contributed by atoms with E-state index in [0.29, 0.717) is 17.8 Å². The summed E-state index contributed by atoms with van der Waals surface area (Å²) in [5, 5.41) is 3.02. The summed E-state index contributed by atoms with van der Waals surface area (Å²) in [6.45, 7) is 6.38. The summed E-state index contributed by atoms with van der Waals surface area (Å²) in [4.78, 5) is 15.1. The topological polar surface area (TPSA) is 78.5 Å². The van der Waals surface area contributed by atoms with Crippen molar-refractivity contribution in [2.75, 3.05) is 24.1 Å². The first-order chi connectivity index (χ1) is 13.8. The van der Waals surface area contributed by atoms with E-state index in [1.807, 2.05) is 0 Å². The molecule has 1 amide bonds. The number of sulfonamides is 1. The fourth-order valence-electron chi connectivity index (χ4n) is 3.75. The fraction of sp³-hybridized carbons (Fsp3) is 0.409. The molecular formula is C22H29N3O3S. The van der Waals surface area contributed by atoms with Crippen LogP contribution in [-0.2, 0) is 23.0 Å². The lowest BCUT2D eigenvalue weighted by Gasteiger charge is -2.35. The molecule has 0 saturated heterocycles. The van der Waals surface area contributed by atoms with E-state index in [2.05, 4.69) is 46.1 Å². The number of anilines is 1. The molecule has 1 aliphatic rings. The first kappa shape index (κ1) is 21.3. The molecular weight excluding hydrogens is 386 g/mol. The summed E-state index contributed by atoms with van der Waals surface area (Å²) in [5.41, 5.74) is 4.41. The van der Waals surface area contributed by atoms with Crippen LogP contribution in [0.15, 0.2) is 42.5 Å². The lowest BCUT2D eigenvalue weighted by molar-refractivity contribution is 0.0926. The number of nitrogens with zero attached hydrogens (tertiary/aromatic N) is 1. The first-order valence-electron chi connectivity index (χ1n) is 9.94. The van der Waals surface area contributed by atoms with Crippen molar-refractivity contribution in [1.29, 1.82) is 0 Å². The minimum absolute atomic E-state index is 0.197. The Morgan fingerprint density at radius 1 is 1.17 bits per heavy atom. The Labute approximate surface area is 173 Å². The van der Waals surface area contributed by atoms with Crippen molar-refractivity contribution in [2.45, 2.75) is 39.3 Å². The van der Waals surface area contributed by atoms with E-state index in [1.54, 1.807) is 25.1 Å². The highest BCUT2D eigenvalue weighted by Gasteiger charge is 2.23. The van der Waals surface area contributed by atoms with Crippen LogP contribution in [0.1, 0.15) is 40.4 Å². The van der Waals surface area contributed by atoms with Gasteiger partial charge in [-0.1, -0.05) is 37.3 Å². The zero-order valence-corrected chi connectivity index (χ0v) is 18.1. The number of rotatable bonds is 7. The van der Waals surface area contributed by atoms with Crippen LogP contribution in [0.5, 0.6) is 0 Å². The predicted molar refractivity (Wildman–Crippen MR) is 117 cm³/mol. The van der Waals surface area contributed by atoms with Gasteiger partial charge < -0.3 is 5.32 Å². The highest BCUT2D eigenvalue weighted by molar-refractivity contribution is 7.92. The van der Waals surface area contributed by atoms with Gasteiger partial charge in [-0.05, 0) is 48.6 Å². The van der Waals surface area contributed by atoms with Crippen molar-refractivity contribution in [1.82, 2.24) is 10.2 Å². The third-order valence-corrected chi connectivity index (χ3v) is 6.03. The van der Waals surface area contributed by atoms with Crippen LogP contribution in [0.4, 0.5) is 5.69 Å². The van der Waals surface area contributed by atoms with Crippen molar-refractivity contribution in [2.24, 2.45) is 0 Å². The molecule has 6 nitrogen and oxygen atoms in total. The van der Waals surface area contributed by atoms with Gasteiger partial charge in [0.1, 0.15) is 0 Å². The molecule has 0 bridgehead atoms.